The highest BCUT2D eigenvalue weighted by atomic mass is 19.1. The van der Waals surface area contributed by atoms with Gasteiger partial charge in [0.05, 0.1) is 47.2 Å². The second-order valence-corrected chi connectivity index (χ2v) is 21.8. The van der Waals surface area contributed by atoms with E-state index in [1.54, 1.807) is 78.9 Å². The van der Waals surface area contributed by atoms with Gasteiger partial charge in [0.2, 0.25) is 6.86 Å². The van der Waals surface area contributed by atoms with Crippen LogP contribution >= 0.6 is 0 Å². The number of hydrogen-bond donors (Lipinski definition) is 5. The Hall–Kier alpha value is -3.03. The molecule has 0 aliphatic carbocycles. The van der Waals surface area contributed by atoms with E-state index in [0.717, 1.165) is 0 Å². The summed E-state index contributed by atoms with van der Waals surface area (Å²) in [6.45, 7) is 16.3. The van der Waals surface area contributed by atoms with Crippen molar-refractivity contribution in [2.24, 2.45) is 17.8 Å². The lowest BCUT2D eigenvalue weighted by molar-refractivity contribution is -0.318. The molecule has 73 heavy (non-hydrogen) atoms. The summed E-state index contributed by atoms with van der Waals surface area (Å²) in [5.74, 6) is -2.59. The summed E-state index contributed by atoms with van der Waals surface area (Å²) < 4.78 is 77.7. The standard InChI is InChI=1S/C52H87F2N5O14/c1-15-40-52(10,65)45(61)33(6)58(12)26-29(2)23-50(8,64)47(31(4)43(32(5)48(63)71-40)72-41-24-51(9,67-14)46(62)34(7)70-41)73-49-42(60)38(22-30(3)69-49)57(11)21-20-36-27-59(56-55-36)39(25-53)44(66-13)35-16-18-37(19-17-35)68-28-54/h16-19,27,29-34,38-47,49,60-62,64-65H,15,20-26,28H2,1-14H3/t29-,30-,31+,32-,33-,34+,38+,39-,40-,41+,42-,43+,44-,45-,46+,47-,49+,50-,51-,52-/m1/s1. The molecule has 0 spiro atoms. The second-order valence-electron chi connectivity index (χ2n) is 21.8. The quantitative estimate of drug-likeness (QED) is 0.139. The normalized spacial score (nSPS) is 39.6. The van der Waals surface area contributed by atoms with Gasteiger partial charge < -0.3 is 73.2 Å². The van der Waals surface area contributed by atoms with E-state index in [-0.39, 0.29) is 25.2 Å². The number of cyclic esters (lactones) is 1. The Balaban J connectivity index is 1.44. The van der Waals surface area contributed by atoms with E-state index < -0.39 is 134 Å². The summed E-state index contributed by atoms with van der Waals surface area (Å²) in [5, 5.41) is 68.3. The van der Waals surface area contributed by atoms with E-state index in [2.05, 4.69) is 10.3 Å². The highest BCUT2D eigenvalue weighted by molar-refractivity contribution is 5.73. The summed E-state index contributed by atoms with van der Waals surface area (Å²) in [5.41, 5.74) is -3.41. The molecule has 19 nitrogen and oxygen atoms in total. The zero-order valence-corrected chi connectivity index (χ0v) is 45.5. The first-order valence-corrected chi connectivity index (χ1v) is 25.8. The van der Waals surface area contributed by atoms with Crippen LogP contribution in [0.2, 0.25) is 0 Å². The van der Waals surface area contributed by atoms with Crippen molar-refractivity contribution in [3.8, 4) is 5.75 Å². The number of aliphatic hydroxyl groups excluding tert-OH is 3. The van der Waals surface area contributed by atoms with Gasteiger partial charge in [-0.15, -0.1) is 5.10 Å². The molecule has 0 unspecified atom stereocenters. The van der Waals surface area contributed by atoms with Gasteiger partial charge in [0.25, 0.3) is 0 Å². The van der Waals surface area contributed by atoms with Gasteiger partial charge in [-0.1, -0.05) is 38.1 Å². The van der Waals surface area contributed by atoms with Crippen molar-refractivity contribution in [3.05, 3.63) is 41.7 Å². The topological polar surface area (TPSA) is 229 Å². The number of halogens is 2. The number of benzene rings is 1. The summed E-state index contributed by atoms with van der Waals surface area (Å²) in [4.78, 5) is 18.4. The molecular weight excluding hydrogens is 957 g/mol. The maximum absolute atomic E-state index is 14.7. The fourth-order valence-corrected chi connectivity index (χ4v) is 11.3. The average Bonchev–Trinajstić information content (AvgIpc) is 3.82. The van der Waals surface area contributed by atoms with E-state index >= 15 is 0 Å². The van der Waals surface area contributed by atoms with Crippen LogP contribution in [0.3, 0.4) is 0 Å². The molecule has 5 rings (SSSR count). The van der Waals surface area contributed by atoms with Crippen LogP contribution in [0.1, 0.15) is 118 Å². The Bertz CT molecular complexity index is 2010. The van der Waals surface area contributed by atoms with Crippen LogP contribution in [0, 0.1) is 17.8 Å². The molecule has 3 fully saturated rings. The van der Waals surface area contributed by atoms with Gasteiger partial charge in [0, 0.05) is 64.3 Å². The number of ether oxygens (including phenoxy) is 8. The van der Waals surface area contributed by atoms with Crippen molar-refractivity contribution in [2.45, 2.75) is 204 Å². The SMILES string of the molecule is CC[C@H]1OC(=O)[C@H](C)[C@@H](O[C@H]2C[C@@](C)(OC)[C@@H](O)[C@H](C)O2)[C@H](C)[C@@H](O[C@@H]2O[C@H](C)C[C@H](N(C)CCc3cn([C@H](CF)[C@H](OC)c4ccc(OCF)cc4)nn3)[C@H]2O)[C@](C)(O)C[C@@H](C)CN(C)[C@H](C)[C@@H](O)[C@]1(C)O. The van der Waals surface area contributed by atoms with Crippen LogP contribution in [-0.4, -0.2) is 202 Å². The van der Waals surface area contributed by atoms with E-state index in [1.807, 2.05) is 37.7 Å². The number of rotatable bonds is 17. The van der Waals surface area contributed by atoms with Crippen molar-refractivity contribution in [2.75, 3.05) is 54.9 Å². The van der Waals surface area contributed by atoms with E-state index in [4.69, 9.17) is 37.9 Å². The molecule has 4 heterocycles. The predicted octanol–water partition coefficient (Wildman–Crippen LogP) is 4.31. The first-order chi connectivity index (χ1) is 34.3. The smallest absolute Gasteiger partial charge is 0.311 e. The number of alkyl halides is 2. The molecule has 0 bridgehead atoms. The number of aliphatic hydroxyl groups is 5. The molecule has 0 radical (unpaired) electrons. The van der Waals surface area contributed by atoms with E-state index in [9.17, 15) is 39.1 Å². The van der Waals surface area contributed by atoms with Crippen molar-refractivity contribution in [1.29, 1.82) is 0 Å². The molecule has 3 saturated heterocycles. The molecule has 3 aliphatic rings. The van der Waals surface area contributed by atoms with E-state index in [0.29, 0.717) is 42.9 Å². The lowest BCUT2D eigenvalue weighted by Crippen LogP contribution is -2.61. The van der Waals surface area contributed by atoms with Crippen LogP contribution in [0.15, 0.2) is 30.5 Å². The fraction of sp³-hybridized carbons (Fsp3) is 0.827. The second kappa shape index (κ2) is 25.9. The molecule has 0 amide bonds. The predicted molar refractivity (Wildman–Crippen MR) is 265 cm³/mol. The fourth-order valence-electron chi connectivity index (χ4n) is 11.3. The number of hydrogen-bond acceptors (Lipinski definition) is 18. The van der Waals surface area contributed by atoms with E-state index in [1.165, 1.54) is 25.8 Å². The van der Waals surface area contributed by atoms with Crippen LogP contribution < -0.4 is 4.74 Å². The highest BCUT2D eigenvalue weighted by Gasteiger charge is 2.53. The first kappa shape index (κ1) is 60.8. The minimum atomic E-state index is -1.86. The Morgan fingerprint density at radius 2 is 1.63 bits per heavy atom. The summed E-state index contributed by atoms with van der Waals surface area (Å²) in [6, 6.07) is 4.55. The molecule has 1 aromatic heterocycles. The van der Waals surface area contributed by atoms with Crippen molar-refractivity contribution < 1.29 is 77.0 Å². The molecular formula is C52H87F2N5O14. The van der Waals surface area contributed by atoms with Gasteiger partial charge in [-0.2, -0.15) is 0 Å². The Morgan fingerprint density at radius 1 is 0.959 bits per heavy atom. The number of esters is 1. The van der Waals surface area contributed by atoms with Gasteiger partial charge in [-0.3, -0.25) is 4.79 Å². The molecule has 1 aromatic carbocycles. The van der Waals surface area contributed by atoms with Crippen molar-refractivity contribution in [3.63, 3.8) is 0 Å². The molecule has 2 aromatic rings. The Labute approximate surface area is 430 Å². The first-order valence-electron chi connectivity index (χ1n) is 25.8. The van der Waals surface area contributed by atoms with Crippen molar-refractivity contribution >= 4 is 5.97 Å². The zero-order valence-electron chi connectivity index (χ0n) is 45.5. The van der Waals surface area contributed by atoms with Gasteiger partial charge in [-0.25, -0.2) is 13.5 Å². The van der Waals surface area contributed by atoms with Crippen molar-refractivity contribution in [1.82, 2.24) is 24.8 Å². The summed E-state index contributed by atoms with van der Waals surface area (Å²) in [6.07, 6.45) is -8.31. The zero-order chi connectivity index (χ0) is 54.3. The van der Waals surface area contributed by atoms with Gasteiger partial charge >= 0.3 is 5.97 Å². The molecule has 5 N–H and O–H groups in total. The van der Waals surface area contributed by atoms with Crippen LogP contribution in [0.5, 0.6) is 5.75 Å². The van der Waals surface area contributed by atoms with Crippen LogP contribution in [-0.2, 0) is 44.4 Å². The Morgan fingerprint density at radius 3 is 2.23 bits per heavy atom. The third-order valence-corrected chi connectivity index (χ3v) is 15.9. The maximum Gasteiger partial charge on any atom is 0.311 e. The Kier molecular flexibility index (Phi) is 21.6. The molecule has 0 saturated carbocycles. The monoisotopic (exact) mass is 1040 g/mol. The summed E-state index contributed by atoms with van der Waals surface area (Å²) in [7, 11) is 6.64. The minimum Gasteiger partial charge on any atom is -0.463 e. The number of carbonyl (C=O) groups is 1. The number of methoxy groups -OCH3 is 2. The average molecular weight is 1040 g/mol. The maximum atomic E-state index is 14.7. The highest BCUT2D eigenvalue weighted by Crippen LogP contribution is 2.41. The van der Waals surface area contributed by atoms with Crippen LogP contribution in [0.4, 0.5) is 8.78 Å². The minimum absolute atomic E-state index is 0.0755. The third-order valence-electron chi connectivity index (χ3n) is 15.9. The molecule has 418 valence electrons. The van der Waals surface area contributed by atoms with Gasteiger partial charge in [0.1, 0.15) is 54.6 Å². The number of aromatic nitrogens is 3. The lowest BCUT2D eigenvalue weighted by atomic mass is 9.77. The van der Waals surface area contributed by atoms with Crippen LogP contribution in [0.25, 0.3) is 0 Å². The number of likely N-dealkylation sites (N-methyl/N-ethyl adjacent to an activating group) is 2. The number of nitrogens with zero attached hydrogens (tertiary/aromatic N) is 5. The molecule has 3 aliphatic heterocycles. The lowest BCUT2D eigenvalue weighted by Gasteiger charge is -2.49. The largest absolute Gasteiger partial charge is 0.463 e. The van der Waals surface area contributed by atoms with Gasteiger partial charge in [-0.05, 0) is 105 Å². The molecule has 20 atom stereocenters. The van der Waals surface area contributed by atoms with Gasteiger partial charge in [0.15, 0.2) is 12.6 Å². The number of carbonyl (C=O) groups excluding carboxylic acids is 1. The molecule has 21 heteroatoms. The third kappa shape index (κ3) is 14.3. The summed E-state index contributed by atoms with van der Waals surface area (Å²) >= 11 is 0.